The molecule has 2 aromatic carbocycles. The molecule has 0 spiro atoms. The van der Waals surface area contributed by atoms with Crippen LogP contribution in [0.4, 0.5) is 0 Å². The first-order valence-electron chi connectivity index (χ1n) is 7.26. The van der Waals surface area contributed by atoms with Crippen molar-refractivity contribution in [1.29, 1.82) is 0 Å². The molecule has 0 radical (unpaired) electrons. The minimum atomic E-state index is -0.0425. The van der Waals surface area contributed by atoms with Crippen molar-refractivity contribution in [3.05, 3.63) is 60.4 Å². The van der Waals surface area contributed by atoms with Gasteiger partial charge in [0.15, 0.2) is 5.75 Å². The molecule has 3 rings (SSSR count). The number of rotatable bonds is 2. The van der Waals surface area contributed by atoms with Crippen molar-refractivity contribution >= 4 is 0 Å². The smallest absolute Gasteiger partial charge is 0.150 e. The lowest BCUT2D eigenvalue weighted by Crippen LogP contribution is -2.13. The molecule has 1 aromatic heterocycles. The third-order valence-corrected chi connectivity index (χ3v) is 3.67. The van der Waals surface area contributed by atoms with Crippen LogP contribution in [0.1, 0.15) is 26.3 Å². The summed E-state index contributed by atoms with van der Waals surface area (Å²) < 4.78 is 0. The largest absolute Gasteiger partial charge is 0.505 e. The van der Waals surface area contributed by atoms with E-state index in [0.29, 0.717) is 5.69 Å². The van der Waals surface area contributed by atoms with Crippen molar-refractivity contribution in [1.82, 2.24) is 15.0 Å². The number of phenols is 1. The highest BCUT2D eigenvalue weighted by Gasteiger charge is 2.20. The molecule has 0 aliphatic carbocycles. The first kappa shape index (κ1) is 14.3. The predicted octanol–water partition coefficient (Wildman–Crippen LogP) is 3.94. The fraction of sp³-hybridized carbons (Fsp3) is 0.222. The minimum absolute atomic E-state index is 0.0425. The summed E-state index contributed by atoms with van der Waals surface area (Å²) in [6, 6.07) is 13.8. The Bertz CT molecular complexity index is 772. The lowest BCUT2D eigenvalue weighted by Gasteiger charge is -2.22. The highest BCUT2D eigenvalue weighted by atomic mass is 16.3. The summed E-state index contributed by atoms with van der Waals surface area (Å²) in [5, 5.41) is 19.0. The maximum absolute atomic E-state index is 10.7. The standard InChI is InChI=1S/C18H19N3O/c1-18(2,3)14-11-15(13-7-5-4-6-8-13)17(22)16(12-14)21-19-9-10-20-21/h4-12,22H,1-3H3. The van der Waals surface area contributed by atoms with Crippen LogP contribution in [0.3, 0.4) is 0 Å². The average Bonchev–Trinajstić information content (AvgIpc) is 3.01. The number of nitrogens with zero attached hydrogens (tertiary/aromatic N) is 3. The first-order valence-corrected chi connectivity index (χ1v) is 7.26. The third-order valence-electron chi connectivity index (χ3n) is 3.67. The molecule has 0 amide bonds. The molecule has 0 bridgehead atoms. The van der Waals surface area contributed by atoms with Gasteiger partial charge in [-0.15, -0.1) is 4.80 Å². The fourth-order valence-corrected chi connectivity index (χ4v) is 2.38. The second-order valence-electron chi connectivity index (χ2n) is 6.33. The third kappa shape index (κ3) is 2.60. The van der Waals surface area contributed by atoms with Crippen molar-refractivity contribution in [3.8, 4) is 22.6 Å². The van der Waals surface area contributed by atoms with E-state index in [0.717, 1.165) is 16.7 Å². The van der Waals surface area contributed by atoms with Crippen molar-refractivity contribution < 1.29 is 5.11 Å². The summed E-state index contributed by atoms with van der Waals surface area (Å²) in [5.74, 6) is 0.190. The highest BCUT2D eigenvalue weighted by molar-refractivity contribution is 5.75. The SMILES string of the molecule is CC(C)(C)c1cc(-c2ccccc2)c(O)c(-n2nccn2)c1. The van der Waals surface area contributed by atoms with Crippen LogP contribution in [0.2, 0.25) is 0 Å². The van der Waals surface area contributed by atoms with Gasteiger partial charge >= 0.3 is 0 Å². The highest BCUT2D eigenvalue weighted by Crippen LogP contribution is 2.38. The lowest BCUT2D eigenvalue weighted by molar-refractivity contribution is 0.468. The average molecular weight is 293 g/mol. The summed E-state index contributed by atoms with van der Waals surface area (Å²) >= 11 is 0. The fourth-order valence-electron chi connectivity index (χ4n) is 2.38. The molecule has 1 N–H and O–H groups in total. The van der Waals surface area contributed by atoms with Crippen LogP contribution in [0.25, 0.3) is 16.8 Å². The van der Waals surface area contributed by atoms with Crippen LogP contribution in [0.15, 0.2) is 54.9 Å². The second kappa shape index (κ2) is 5.30. The Labute approximate surface area is 130 Å². The molecule has 0 aliphatic heterocycles. The molecule has 0 unspecified atom stereocenters. The topological polar surface area (TPSA) is 50.9 Å². The van der Waals surface area contributed by atoms with E-state index in [1.807, 2.05) is 42.5 Å². The Morgan fingerprint density at radius 2 is 1.59 bits per heavy atom. The Morgan fingerprint density at radius 1 is 0.955 bits per heavy atom. The Balaban J connectivity index is 2.28. The minimum Gasteiger partial charge on any atom is -0.505 e. The Kier molecular flexibility index (Phi) is 3.45. The van der Waals surface area contributed by atoms with E-state index < -0.39 is 0 Å². The van der Waals surface area contributed by atoms with Crippen LogP contribution in [0.5, 0.6) is 5.75 Å². The quantitative estimate of drug-likeness (QED) is 0.778. The molecule has 1 heterocycles. The van der Waals surface area contributed by atoms with E-state index in [4.69, 9.17) is 0 Å². The zero-order valence-corrected chi connectivity index (χ0v) is 13.0. The van der Waals surface area contributed by atoms with Crippen molar-refractivity contribution in [2.24, 2.45) is 0 Å². The number of hydrogen-bond acceptors (Lipinski definition) is 3. The maximum Gasteiger partial charge on any atom is 0.150 e. The van der Waals surface area contributed by atoms with E-state index in [1.165, 1.54) is 4.80 Å². The second-order valence-corrected chi connectivity index (χ2v) is 6.33. The molecular formula is C18H19N3O. The maximum atomic E-state index is 10.7. The molecule has 112 valence electrons. The van der Waals surface area contributed by atoms with Crippen LogP contribution in [0, 0.1) is 0 Å². The molecule has 0 fully saturated rings. The predicted molar refractivity (Wildman–Crippen MR) is 87.2 cm³/mol. The number of benzene rings is 2. The molecule has 0 saturated carbocycles. The summed E-state index contributed by atoms with van der Waals surface area (Å²) in [4.78, 5) is 1.46. The van der Waals surface area contributed by atoms with Gasteiger partial charge < -0.3 is 5.11 Å². The van der Waals surface area contributed by atoms with Gasteiger partial charge in [0.05, 0.1) is 12.4 Å². The zero-order chi connectivity index (χ0) is 15.7. The van der Waals surface area contributed by atoms with Gasteiger partial charge in [0.25, 0.3) is 0 Å². The van der Waals surface area contributed by atoms with Gasteiger partial charge in [0, 0.05) is 5.56 Å². The molecule has 4 heteroatoms. The normalized spacial score (nSPS) is 11.6. The zero-order valence-electron chi connectivity index (χ0n) is 13.0. The molecule has 0 saturated heterocycles. The van der Waals surface area contributed by atoms with Crippen LogP contribution < -0.4 is 0 Å². The number of phenolic OH excluding ortho intramolecular Hbond substituents is 1. The number of aromatic nitrogens is 3. The van der Waals surface area contributed by atoms with Gasteiger partial charge in [-0.3, -0.25) is 0 Å². The van der Waals surface area contributed by atoms with Gasteiger partial charge in [0.1, 0.15) is 5.69 Å². The van der Waals surface area contributed by atoms with Gasteiger partial charge in [-0.05, 0) is 28.7 Å². The van der Waals surface area contributed by atoms with Crippen LogP contribution >= 0.6 is 0 Å². The van der Waals surface area contributed by atoms with Crippen molar-refractivity contribution in [2.75, 3.05) is 0 Å². The van der Waals surface area contributed by atoms with Crippen LogP contribution in [-0.4, -0.2) is 20.1 Å². The summed E-state index contributed by atoms with van der Waals surface area (Å²) in [6.45, 7) is 6.44. The van der Waals surface area contributed by atoms with E-state index in [1.54, 1.807) is 12.4 Å². The van der Waals surface area contributed by atoms with E-state index in [-0.39, 0.29) is 11.2 Å². The molecule has 22 heavy (non-hydrogen) atoms. The van der Waals surface area contributed by atoms with Crippen LogP contribution in [-0.2, 0) is 5.41 Å². The molecular weight excluding hydrogens is 274 g/mol. The van der Waals surface area contributed by atoms with E-state index in [2.05, 4.69) is 31.0 Å². The van der Waals surface area contributed by atoms with Gasteiger partial charge in [-0.25, -0.2) is 0 Å². The van der Waals surface area contributed by atoms with Crippen molar-refractivity contribution in [3.63, 3.8) is 0 Å². The Morgan fingerprint density at radius 3 is 2.18 bits per heavy atom. The van der Waals surface area contributed by atoms with Crippen molar-refractivity contribution in [2.45, 2.75) is 26.2 Å². The van der Waals surface area contributed by atoms with Gasteiger partial charge in [0.2, 0.25) is 0 Å². The lowest BCUT2D eigenvalue weighted by atomic mass is 9.84. The number of aromatic hydroxyl groups is 1. The molecule has 3 aromatic rings. The number of hydrogen-bond donors (Lipinski definition) is 1. The van der Waals surface area contributed by atoms with Gasteiger partial charge in [-0.2, -0.15) is 10.2 Å². The first-order chi connectivity index (χ1) is 10.5. The van der Waals surface area contributed by atoms with E-state index >= 15 is 0 Å². The molecule has 4 nitrogen and oxygen atoms in total. The molecule has 0 aliphatic rings. The summed E-state index contributed by atoms with van der Waals surface area (Å²) in [5.41, 5.74) is 3.44. The monoisotopic (exact) mass is 293 g/mol. The molecule has 0 atom stereocenters. The van der Waals surface area contributed by atoms with Gasteiger partial charge in [-0.1, -0.05) is 51.1 Å². The summed E-state index contributed by atoms with van der Waals surface area (Å²) in [7, 11) is 0. The summed E-state index contributed by atoms with van der Waals surface area (Å²) in [6.07, 6.45) is 3.21. The Hall–Kier alpha value is -2.62. The van der Waals surface area contributed by atoms with E-state index in [9.17, 15) is 5.11 Å².